The van der Waals surface area contributed by atoms with Gasteiger partial charge in [-0.05, 0) is 71.8 Å². The van der Waals surface area contributed by atoms with Crippen molar-refractivity contribution in [1.82, 2.24) is 29.6 Å². The second kappa shape index (κ2) is 15.9. The van der Waals surface area contributed by atoms with Crippen molar-refractivity contribution in [3.05, 3.63) is 141 Å². The molecule has 60 heavy (non-hydrogen) atoms. The molecule has 2 N–H and O–H groups in total. The zero-order chi connectivity index (χ0) is 43.3. The molecule has 1 atom stereocenters. The maximum atomic E-state index is 14.9. The highest BCUT2D eigenvalue weighted by Crippen LogP contribution is 2.38. The summed E-state index contributed by atoms with van der Waals surface area (Å²) in [6.07, 6.45) is -5.84. The lowest BCUT2D eigenvalue weighted by atomic mass is 10.0. The number of benzene rings is 4. The Labute approximate surface area is 342 Å². The van der Waals surface area contributed by atoms with Gasteiger partial charge in [-0.25, -0.2) is 36.3 Å². The number of halogens is 6. The average molecular weight is 868 g/mol. The number of aromatic nitrogens is 5. The fourth-order valence-corrected chi connectivity index (χ4v) is 7.90. The van der Waals surface area contributed by atoms with Crippen LogP contribution >= 0.6 is 11.6 Å². The predicted molar refractivity (Wildman–Crippen MR) is 213 cm³/mol. The highest BCUT2D eigenvalue weighted by Gasteiger charge is 2.33. The van der Waals surface area contributed by atoms with Crippen LogP contribution in [0.15, 0.2) is 95.8 Å². The van der Waals surface area contributed by atoms with Crippen LogP contribution in [0.25, 0.3) is 38.8 Å². The maximum absolute atomic E-state index is 14.9. The quantitative estimate of drug-likeness (QED) is 0.124. The van der Waals surface area contributed by atoms with E-state index in [1.54, 1.807) is 24.3 Å². The van der Waals surface area contributed by atoms with E-state index < -0.39 is 57.6 Å². The fourth-order valence-electron chi connectivity index (χ4n) is 6.84. The summed E-state index contributed by atoms with van der Waals surface area (Å²) in [5.74, 6) is -1.83. The van der Waals surface area contributed by atoms with Crippen LogP contribution in [0.5, 0.6) is 5.75 Å². The van der Waals surface area contributed by atoms with Crippen molar-refractivity contribution in [1.29, 1.82) is 0 Å². The molecular formula is C40H31ClF5N7O6S. The van der Waals surface area contributed by atoms with Crippen molar-refractivity contribution >= 4 is 55.3 Å². The van der Waals surface area contributed by atoms with E-state index in [0.29, 0.717) is 17.4 Å². The van der Waals surface area contributed by atoms with E-state index in [9.17, 15) is 45.1 Å². The molecule has 3 aromatic heterocycles. The van der Waals surface area contributed by atoms with Crippen molar-refractivity contribution in [3.8, 4) is 22.7 Å². The Morgan fingerprint density at radius 2 is 1.67 bits per heavy atom. The first-order valence-corrected chi connectivity index (χ1v) is 19.9. The number of hydrogen-bond donors (Lipinski definition) is 2. The molecule has 0 radical (unpaired) electrons. The van der Waals surface area contributed by atoms with Gasteiger partial charge in [0.25, 0.3) is 5.56 Å². The lowest BCUT2D eigenvalue weighted by molar-refractivity contribution is -0.141. The van der Waals surface area contributed by atoms with Gasteiger partial charge in [-0.3, -0.25) is 14.0 Å². The Bertz CT molecular complexity index is 2980. The first-order valence-electron chi connectivity index (χ1n) is 17.6. The molecule has 0 fully saturated rings. The Kier molecular flexibility index (Phi) is 11.0. The van der Waals surface area contributed by atoms with E-state index in [4.69, 9.17) is 21.3 Å². The minimum absolute atomic E-state index is 0.00539. The monoisotopic (exact) mass is 867 g/mol. The molecule has 7 rings (SSSR count). The summed E-state index contributed by atoms with van der Waals surface area (Å²) in [7, 11) is -1.12. The van der Waals surface area contributed by atoms with Crippen LogP contribution in [-0.4, -0.2) is 57.3 Å². The van der Waals surface area contributed by atoms with Crippen molar-refractivity contribution in [2.24, 2.45) is 7.05 Å². The molecule has 20 heteroatoms. The smallest absolute Gasteiger partial charge is 0.433 e. The molecule has 0 aliphatic heterocycles. The number of amides is 1. The third-order valence-electron chi connectivity index (χ3n) is 9.46. The summed E-state index contributed by atoms with van der Waals surface area (Å²) in [5, 5.41) is 16.9. The zero-order valence-electron chi connectivity index (χ0n) is 31.5. The number of pyridine rings is 1. The van der Waals surface area contributed by atoms with E-state index in [2.05, 4.69) is 15.4 Å². The van der Waals surface area contributed by atoms with Crippen LogP contribution in [0, 0.1) is 11.6 Å². The minimum atomic E-state index is -4.76. The normalized spacial score (nSPS) is 12.5. The number of carbonyl (C=O) groups is 1. The SMILES string of the molecule is COc1ccc(CN(c2nn(C)c3c(-n4c([C@H](Cc5cc(F)cc(F)c5)NC(=O)O)nc5cc(-c6cccc(C(F)(F)F)n6)ccc5c4=O)ccc(Cl)c23)S(C)(=O)=O)cc1. The number of nitrogens with zero attached hydrogens (tertiary/aromatic N) is 6. The molecule has 0 bridgehead atoms. The number of rotatable bonds is 11. The van der Waals surface area contributed by atoms with Crippen molar-refractivity contribution in [2.75, 3.05) is 17.7 Å². The molecule has 3 heterocycles. The van der Waals surface area contributed by atoms with Gasteiger partial charge in [0.1, 0.15) is 28.9 Å². The van der Waals surface area contributed by atoms with Gasteiger partial charge in [-0.2, -0.15) is 18.3 Å². The van der Waals surface area contributed by atoms with Crippen LogP contribution in [0.2, 0.25) is 5.02 Å². The molecule has 13 nitrogen and oxygen atoms in total. The van der Waals surface area contributed by atoms with Crippen LogP contribution in [0.4, 0.5) is 32.6 Å². The highest BCUT2D eigenvalue weighted by atomic mass is 35.5. The minimum Gasteiger partial charge on any atom is -0.497 e. The Balaban J connectivity index is 1.50. The van der Waals surface area contributed by atoms with Gasteiger partial charge in [-0.1, -0.05) is 35.9 Å². The zero-order valence-corrected chi connectivity index (χ0v) is 33.1. The highest BCUT2D eigenvalue weighted by molar-refractivity contribution is 7.92. The summed E-state index contributed by atoms with van der Waals surface area (Å²) in [5.41, 5.74) is -1.44. The van der Waals surface area contributed by atoms with E-state index >= 15 is 0 Å². The van der Waals surface area contributed by atoms with Crippen molar-refractivity contribution < 1.29 is 45.0 Å². The van der Waals surface area contributed by atoms with E-state index in [1.807, 2.05) is 0 Å². The van der Waals surface area contributed by atoms with Gasteiger partial charge in [0.15, 0.2) is 5.82 Å². The third kappa shape index (κ3) is 8.30. The number of anilines is 1. The van der Waals surface area contributed by atoms with E-state index in [0.717, 1.165) is 39.4 Å². The van der Waals surface area contributed by atoms with Gasteiger partial charge in [0, 0.05) is 25.1 Å². The summed E-state index contributed by atoms with van der Waals surface area (Å²) in [4.78, 5) is 35.6. The molecule has 0 unspecified atom stereocenters. The largest absolute Gasteiger partial charge is 0.497 e. The summed E-state index contributed by atoms with van der Waals surface area (Å²) < 4.78 is 105. The number of methoxy groups -OCH3 is 1. The molecule has 0 aliphatic carbocycles. The standard InChI is InChI=1S/C40H31ClF5N7O6S/c1-51-35-32(14-13-28(41)34(35)37(50-51)52(60(3,57)58)20-21-7-10-26(59-2)11-8-21)53-36(31(49-39(55)56)17-22-15-24(42)19-25(43)16-22)48-30-18-23(9-12-27(30)38(53)54)29-5-4-6-33(47-29)40(44,45)46/h4-16,18-19,31,49H,17,20H2,1-3H3,(H,55,56)/t31-/m0/s1. The topological polar surface area (TPSA) is 162 Å². The van der Waals surface area contributed by atoms with Gasteiger partial charge in [0.2, 0.25) is 10.0 Å². The van der Waals surface area contributed by atoms with Gasteiger partial charge >= 0.3 is 12.3 Å². The van der Waals surface area contributed by atoms with Gasteiger partial charge < -0.3 is 15.2 Å². The summed E-state index contributed by atoms with van der Waals surface area (Å²) in [6, 6.07) is 17.7. The number of hydrogen-bond acceptors (Lipinski definition) is 8. The second-order valence-corrected chi connectivity index (χ2v) is 15.9. The molecule has 4 aromatic carbocycles. The van der Waals surface area contributed by atoms with Crippen molar-refractivity contribution in [3.63, 3.8) is 0 Å². The second-order valence-electron chi connectivity index (χ2n) is 13.6. The Hall–Kier alpha value is -6.60. The van der Waals surface area contributed by atoms with Crippen LogP contribution in [-0.2, 0) is 36.2 Å². The van der Waals surface area contributed by atoms with Gasteiger partial charge in [-0.15, -0.1) is 0 Å². The summed E-state index contributed by atoms with van der Waals surface area (Å²) in [6.45, 7) is -0.198. The van der Waals surface area contributed by atoms with Gasteiger partial charge in [0.05, 0.1) is 64.2 Å². The van der Waals surface area contributed by atoms with Crippen LogP contribution in [0.1, 0.15) is 28.7 Å². The lowest BCUT2D eigenvalue weighted by Gasteiger charge is -2.23. The first kappa shape index (κ1) is 41.6. The van der Waals surface area contributed by atoms with E-state index in [1.165, 1.54) is 55.2 Å². The molecular weight excluding hydrogens is 837 g/mol. The third-order valence-corrected chi connectivity index (χ3v) is 10.9. The number of sulfonamides is 1. The number of carboxylic acid groups (broad SMARTS) is 1. The van der Waals surface area contributed by atoms with Crippen molar-refractivity contribution in [2.45, 2.75) is 25.2 Å². The number of aryl methyl sites for hydroxylation is 1. The number of alkyl halides is 3. The predicted octanol–water partition coefficient (Wildman–Crippen LogP) is 7.81. The number of ether oxygens (including phenoxy) is 1. The molecule has 1 amide bonds. The van der Waals surface area contributed by atoms with Crippen LogP contribution < -0.4 is 19.9 Å². The van der Waals surface area contributed by atoms with Crippen LogP contribution in [0.3, 0.4) is 0 Å². The first-order chi connectivity index (χ1) is 28.3. The molecule has 7 aromatic rings. The number of fused-ring (bicyclic) bond motifs is 2. The molecule has 0 saturated carbocycles. The summed E-state index contributed by atoms with van der Waals surface area (Å²) >= 11 is 6.80. The molecule has 0 spiro atoms. The average Bonchev–Trinajstić information content (AvgIpc) is 3.53. The molecule has 0 aliphatic rings. The maximum Gasteiger partial charge on any atom is 0.433 e. The Morgan fingerprint density at radius 1 is 0.967 bits per heavy atom. The molecule has 0 saturated heterocycles. The lowest BCUT2D eigenvalue weighted by Crippen LogP contribution is -2.35. The Morgan fingerprint density at radius 3 is 2.30 bits per heavy atom. The van der Waals surface area contributed by atoms with E-state index in [-0.39, 0.29) is 67.5 Å². The molecule has 310 valence electrons. The number of nitrogens with one attached hydrogen (secondary N) is 1. The fraction of sp³-hybridized carbons (Fsp3) is 0.175.